The first-order valence-electron chi connectivity index (χ1n) is 8.54. The average Bonchev–Trinajstić information content (AvgIpc) is 2.60. The lowest BCUT2D eigenvalue weighted by molar-refractivity contribution is -0.137. The third kappa shape index (κ3) is 5.18. The molecule has 1 aliphatic carbocycles. The van der Waals surface area contributed by atoms with Crippen LogP contribution in [0.5, 0.6) is 0 Å². The zero-order valence-electron chi connectivity index (χ0n) is 14.7. The topological polar surface area (TPSA) is 63.6 Å². The van der Waals surface area contributed by atoms with Crippen LogP contribution in [-0.4, -0.2) is 23.5 Å². The third-order valence-corrected chi connectivity index (χ3v) is 4.23. The highest BCUT2D eigenvalue weighted by molar-refractivity contribution is 5.97. The fraction of sp³-hybridized carbons (Fsp3) is 0.333. The molecule has 0 aromatic heterocycles. The number of carbonyl (C=O) groups is 2. The van der Waals surface area contributed by atoms with Gasteiger partial charge in [-0.1, -0.05) is 42.0 Å². The van der Waals surface area contributed by atoms with Gasteiger partial charge in [0.2, 0.25) is 0 Å². The highest BCUT2D eigenvalue weighted by Crippen LogP contribution is 2.36. The number of hydrogen-bond donors (Lipinski definition) is 1. The molecule has 0 heterocycles. The fourth-order valence-electron chi connectivity index (χ4n) is 3.00. The molecule has 1 N–H and O–H groups in total. The molecule has 1 aromatic carbocycles. The van der Waals surface area contributed by atoms with E-state index in [1.54, 1.807) is 13.0 Å². The van der Waals surface area contributed by atoms with Crippen molar-refractivity contribution in [3.05, 3.63) is 71.0 Å². The molecule has 1 atom stereocenters. The average molecular weight is 340 g/mol. The van der Waals surface area contributed by atoms with E-state index in [1.807, 2.05) is 36.4 Å². The number of aliphatic hydroxyl groups excluding tert-OH is 1. The molecule has 0 amide bonds. The third-order valence-electron chi connectivity index (χ3n) is 4.23. The highest BCUT2D eigenvalue weighted by atomic mass is 16.5. The second kappa shape index (κ2) is 9.02. The summed E-state index contributed by atoms with van der Waals surface area (Å²) in [6.07, 6.45) is 6.84. The van der Waals surface area contributed by atoms with Crippen LogP contribution in [0.15, 0.2) is 65.5 Å². The first kappa shape index (κ1) is 18.7. The molecular formula is C21H24O4. The maximum absolute atomic E-state index is 11.8. The van der Waals surface area contributed by atoms with Crippen molar-refractivity contribution in [2.45, 2.75) is 39.0 Å². The maximum Gasteiger partial charge on any atom is 0.330 e. The fourth-order valence-corrected chi connectivity index (χ4v) is 3.00. The zero-order valence-corrected chi connectivity index (χ0v) is 14.7. The van der Waals surface area contributed by atoms with E-state index in [1.165, 1.54) is 13.0 Å². The Morgan fingerprint density at radius 1 is 1.24 bits per heavy atom. The minimum absolute atomic E-state index is 0.0503. The smallest absolute Gasteiger partial charge is 0.330 e. The summed E-state index contributed by atoms with van der Waals surface area (Å²) in [6, 6.07) is 9.97. The van der Waals surface area contributed by atoms with Crippen LogP contribution in [0.1, 0.15) is 44.6 Å². The highest BCUT2D eigenvalue weighted by Gasteiger charge is 2.22. The van der Waals surface area contributed by atoms with Crippen molar-refractivity contribution in [3.8, 4) is 0 Å². The van der Waals surface area contributed by atoms with Crippen LogP contribution in [0.4, 0.5) is 0 Å². The summed E-state index contributed by atoms with van der Waals surface area (Å²) in [4.78, 5) is 23.3. The van der Waals surface area contributed by atoms with Crippen LogP contribution in [-0.2, 0) is 14.3 Å². The van der Waals surface area contributed by atoms with E-state index in [4.69, 9.17) is 4.74 Å². The van der Waals surface area contributed by atoms with Gasteiger partial charge in [-0.15, -0.1) is 0 Å². The Morgan fingerprint density at radius 3 is 2.60 bits per heavy atom. The summed E-state index contributed by atoms with van der Waals surface area (Å²) >= 11 is 0. The van der Waals surface area contributed by atoms with Crippen molar-refractivity contribution in [1.29, 1.82) is 0 Å². The van der Waals surface area contributed by atoms with E-state index < -0.39 is 0 Å². The molecule has 0 saturated heterocycles. The molecule has 0 unspecified atom stereocenters. The standard InChI is InChI=1S/C21H24O4/c1-3-25-21(24)11-7-10-18(16-8-5-4-6-9-16)17-12-13-20(23)19(14-17)15(2)22/h4-9,11,14,18,23H,3,10,12-13H2,1-2H3/b11-7+/t18-/m1/s1. The number of carbonyl (C=O) groups excluding carboxylic acids is 2. The van der Waals surface area contributed by atoms with E-state index in [0.29, 0.717) is 31.4 Å². The van der Waals surface area contributed by atoms with Crippen LogP contribution in [0.3, 0.4) is 0 Å². The van der Waals surface area contributed by atoms with E-state index in [9.17, 15) is 14.7 Å². The molecule has 4 nitrogen and oxygen atoms in total. The van der Waals surface area contributed by atoms with Crippen LogP contribution in [0.2, 0.25) is 0 Å². The molecule has 132 valence electrons. The van der Waals surface area contributed by atoms with E-state index in [-0.39, 0.29) is 23.4 Å². The number of esters is 1. The monoisotopic (exact) mass is 340 g/mol. The Hall–Kier alpha value is -2.62. The van der Waals surface area contributed by atoms with Crippen molar-refractivity contribution in [1.82, 2.24) is 0 Å². The Balaban J connectivity index is 2.28. The number of ketones is 1. The van der Waals surface area contributed by atoms with Gasteiger partial charge in [-0.3, -0.25) is 4.79 Å². The zero-order chi connectivity index (χ0) is 18.2. The Labute approximate surface area is 148 Å². The Bertz CT molecular complexity index is 711. The van der Waals surface area contributed by atoms with E-state index >= 15 is 0 Å². The van der Waals surface area contributed by atoms with Crippen LogP contribution >= 0.6 is 0 Å². The van der Waals surface area contributed by atoms with Gasteiger partial charge in [-0.2, -0.15) is 0 Å². The molecule has 4 heteroatoms. The summed E-state index contributed by atoms with van der Waals surface area (Å²) in [5, 5.41) is 9.96. The summed E-state index contributed by atoms with van der Waals surface area (Å²) in [6.45, 7) is 3.58. The molecule has 0 aliphatic heterocycles. The molecule has 1 aliphatic rings. The van der Waals surface area contributed by atoms with Crippen LogP contribution in [0.25, 0.3) is 0 Å². The SMILES string of the molecule is CCOC(=O)/C=C/C[C@@H](C1=CC(C(C)=O)=C(O)CC1)c1ccccc1. The van der Waals surface area contributed by atoms with Gasteiger partial charge >= 0.3 is 5.97 Å². The number of ether oxygens (including phenoxy) is 1. The molecule has 0 spiro atoms. The molecule has 25 heavy (non-hydrogen) atoms. The van der Waals surface area contributed by atoms with Crippen LogP contribution < -0.4 is 0 Å². The van der Waals surface area contributed by atoms with Gasteiger partial charge in [0, 0.05) is 18.4 Å². The number of Topliss-reactive ketones (excluding diaryl/α,β-unsaturated/α-hetero) is 1. The lowest BCUT2D eigenvalue weighted by Gasteiger charge is -2.23. The number of hydrogen-bond acceptors (Lipinski definition) is 4. The summed E-state index contributed by atoms with van der Waals surface area (Å²) in [5.41, 5.74) is 2.59. The van der Waals surface area contributed by atoms with Gasteiger partial charge in [-0.05, 0) is 38.3 Å². The van der Waals surface area contributed by atoms with Crippen molar-refractivity contribution in [3.63, 3.8) is 0 Å². The van der Waals surface area contributed by atoms with E-state index in [0.717, 1.165) is 11.1 Å². The van der Waals surface area contributed by atoms with E-state index in [2.05, 4.69) is 0 Å². The van der Waals surface area contributed by atoms with Gasteiger partial charge in [0.15, 0.2) is 5.78 Å². The second-order valence-corrected chi connectivity index (χ2v) is 5.99. The van der Waals surface area contributed by atoms with Gasteiger partial charge in [-0.25, -0.2) is 4.79 Å². The quantitative estimate of drug-likeness (QED) is 0.590. The lowest BCUT2D eigenvalue weighted by Crippen LogP contribution is -2.11. The predicted molar refractivity (Wildman–Crippen MR) is 97.2 cm³/mol. The Kier molecular flexibility index (Phi) is 6.75. The number of rotatable bonds is 7. The molecule has 0 bridgehead atoms. The maximum atomic E-state index is 11.8. The first-order valence-corrected chi connectivity index (χ1v) is 8.54. The minimum Gasteiger partial charge on any atom is -0.512 e. The van der Waals surface area contributed by atoms with Gasteiger partial charge in [0.05, 0.1) is 12.2 Å². The van der Waals surface area contributed by atoms with Crippen molar-refractivity contribution >= 4 is 11.8 Å². The summed E-state index contributed by atoms with van der Waals surface area (Å²) in [5.74, 6) is -0.281. The molecule has 0 saturated carbocycles. The summed E-state index contributed by atoms with van der Waals surface area (Å²) in [7, 11) is 0. The Morgan fingerprint density at radius 2 is 1.96 bits per heavy atom. The van der Waals surface area contributed by atoms with Crippen molar-refractivity contribution in [2.24, 2.45) is 0 Å². The second-order valence-electron chi connectivity index (χ2n) is 5.99. The minimum atomic E-state index is -0.353. The number of benzene rings is 1. The van der Waals surface area contributed by atoms with Crippen molar-refractivity contribution in [2.75, 3.05) is 6.61 Å². The molecule has 0 fully saturated rings. The first-order chi connectivity index (χ1) is 12.0. The van der Waals surface area contributed by atoms with Crippen LogP contribution in [0, 0.1) is 0 Å². The number of allylic oxidation sites excluding steroid dienone is 5. The normalized spacial score (nSPS) is 15.8. The molecule has 1 aromatic rings. The molecular weight excluding hydrogens is 316 g/mol. The van der Waals surface area contributed by atoms with Gasteiger partial charge in [0.25, 0.3) is 0 Å². The summed E-state index contributed by atoms with van der Waals surface area (Å²) < 4.78 is 4.91. The molecule has 2 rings (SSSR count). The predicted octanol–water partition coefficient (Wildman–Crippen LogP) is 4.40. The van der Waals surface area contributed by atoms with Crippen molar-refractivity contribution < 1.29 is 19.4 Å². The largest absolute Gasteiger partial charge is 0.512 e. The van der Waals surface area contributed by atoms with Gasteiger partial charge < -0.3 is 9.84 Å². The molecule has 0 radical (unpaired) electrons. The van der Waals surface area contributed by atoms with Gasteiger partial charge in [0.1, 0.15) is 5.76 Å². The lowest BCUT2D eigenvalue weighted by atomic mass is 9.81. The number of aliphatic hydroxyl groups is 1.